The van der Waals surface area contributed by atoms with Crippen LogP contribution < -0.4 is 0 Å². The Labute approximate surface area is 756 Å². The summed E-state index contributed by atoms with van der Waals surface area (Å²) in [6, 6.07) is 108. The van der Waals surface area contributed by atoms with Crippen molar-refractivity contribution in [2.45, 2.75) is 71.6 Å². The molecule has 0 unspecified atom stereocenters. The Morgan fingerprint density at radius 2 is 0.858 bits per heavy atom. The summed E-state index contributed by atoms with van der Waals surface area (Å²) in [7, 11) is 0. The molecular formula is C99H75BrIr6N6S-6. The van der Waals surface area contributed by atoms with Crippen molar-refractivity contribution >= 4 is 91.7 Å². The van der Waals surface area contributed by atoms with Crippen LogP contribution in [0.15, 0.2) is 315 Å². The van der Waals surface area contributed by atoms with Crippen LogP contribution in [0.5, 0.6) is 0 Å². The molecule has 0 atom stereocenters. The van der Waals surface area contributed by atoms with Crippen LogP contribution in [0, 0.1) is 50.2 Å². The molecular weight excluding hydrogens is 2540 g/mol. The molecule has 0 aliphatic heterocycles. The van der Waals surface area contributed by atoms with Gasteiger partial charge in [-0.25, -0.2) is 11.3 Å². The van der Waals surface area contributed by atoms with E-state index in [4.69, 9.17) is 0 Å². The Morgan fingerprint density at radius 3 is 1.54 bits per heavy atom. The van der Waals surface area contributed by atoms with Gasteiger partial charge in [-0.3, -0.25) is 29.9 Å². The van der Waals surface area contributed by atoms with E-state index in [0.717, 1.165) is 60.4 Å². The number of pyridine rings is 6. The maximum Gasteiger partial charge on any atom is 0.0369 e. The van der Waals surface area contributed by atoms with E-state index in [2.05, 4.69) is 277 Å². The zero-order chi connectivity index (χ0) is 73.7. The molecule has 6 nitrogen and oxygen atoms in total. The van der Waals surface area contributed by atoms with E-state index in [1.54, 1.807) is 11.3 Å². The molecule has 574 valence electrons. The first-order valence-electron chi connectivity index (χ1n) is 35.9. The predicted octanol–water partition coefficient (Wildman–Crippen LogP) is 25.2. The van der Waals surface area contributed by atoms with Gasteiger partial charge < -0.3 is 0 Å². The number of thiophene rings is 1. The third kappa shape index (κ3) is 18.9. The number of hydrogen-bond donors (Lipinski definition) is 0. The summed E-state index contributed by atoms with van der Waals surface area (Å²) in [6.45, 7) is 17.7. The minimum Gasteiger partial charge on any atom is -0.266 e. The molecule has 20 rings (SSSR count). The van der Waals surface area contributed by atoms with Crippen molar-refractivity contribution in [3.8, 4) is 44.9 Å². The maximum absolute atomic E-state index is 4.60. The van der Waals surface area contributed by atoms with Gasteiger partial charge in [-0.15, -0.1) is 207 Å². The third-order valence-electron chi connectivity index (χ3n) is 20.0. The average molecular weight is 2610 g/mol. The van der Waals surface area contributed by atoms with Crippen molar-refractivity contribution in [3.63, 3.8) is 0 Å². The van der Waals surface area contributed by atoms with Crippen LogP contribution in [-0.4, -0.2) is 29.9 Å². The number of aromatic nitrogens is 6. The number of fused-ring (bicyclic) bond motifs is 11. The largest absolute Gasteiger partial charge is 0.266 e. The number of aryl methyl sites for hydroxylation is 2. The van der Waals surface area contributed by atoms with Gasteiger partial charge >= 0.3 is 0 Å². The molecule has 7 aromatic heterocycles. The number of benzene rings is 10. The molecule has 0 spiro atoms. The van der Waals surface area contributed by atoms with Gasteiger partial charge in [0.05, 0.1) is 0 Å². The number of hydrogen-bond acceptors (Lipinski definition) is 7. The summed E-state index contributed by atoms with van der Waals surface area (Å²) in [6.07, 6.45) is 15.6. The summed E-state index contributed by atoms with van der Waals surface area (Å²) in [5.74, 6) is 0. The average Bonchev–Trinajstić information content (AvgIpc) is 1.57. The Hall–Kier alpha value is -8.04. The third-order valence-corrected chi connectivity index (χ3v) is 21.8. The van der Waals surface area contributed by atoms with Crippen LogP contribution in [0.1, 0.15) is 96.8 Å². The molecule has 7 heterocycles. The summed E-state index contributed by atoms with van der Waals surface area (Å²) in [5, 5.41) is 9.45. The Bertz CT molecular complexity index is 6000. The standard InChI is InChI=1S/C19H12N.C18H14N.C16H11BrN.2C16H14N.C14H10NS.6Ir/c1-3-9-16-14(7-1)13-15-8-2-4-10-17(15)19(16)18-11-5-6-12-20-18;1-18(2)14-8-4-3-7-13(14)16-15(18)10-9-12-6-5-11-19-17(12)16;1-11-8-9-12-13(5-4-6-14(12)17)16(11)15-7-2-3-10-18-15;1-16(2)11-13(15-9-5-6-10-17-15)12-7-3-4-8-14(12)16;1-16(2)11-13(12-7-4-3-5-8-12)15-14(16)9-6-10-17-15;1-10-14(12-7-4-5-9-15-12)11-6-2-3-8-13(11)16-10;;;;;;/h1-9,11-13H;3-6,8-11H,1-2H3;2-4,6-10H,1H3;3-6,8-11H,1-2H3;3-7,9-11H,1-2H3;2-5,7-9H,1H3;;;;;;/q6*-1;;;;;;. The first-order chi connectivity index (χ1) is 52.1. The fraction of sp³-hybridized carbons (Fsp3) is 0.111. The van der Waals surface area contributed by atoms with Crippen molar-refractivity contribution in [2.24, 2.45) is 0 Å². The molecule has 14 heteroatoms. The van der Waals surface area contributed by atoms with Gasteiger partial charge in [-0.2, -0.15) is 0 Å². The van der Waals surface area contributed by atoms with Gasteiger partial charge in [0.1, 0.15) is 0 Å². The van der Waals surface area contributed by atoms with E-state index in [-0.39, 0.29) is 137 Å². The maximum atomic E-state index is 4.60. The summed E-state index contributed by atoms with van der Waals surface area (Å²) in [4.78, 5) is 28.3. The molecule has 0 saturated heterocycles. The Balaban J connectivity index is 0.000000154. The van der Waals surface area contributed by atoms with E-state index in [1.165, 1.54) is 109 Å². The number of rotatable bonds is 5. The molecule has 113 heavy (non-hydrogen) atoms. The van der Waals surface area contributed by atoms with E-state index < -0.39 is 0 Å². The van der Waals surface area contributed by atoms with Crippen molar-refractivity contribution in [2.75, 3.05) is 0 Å². The van der Waals surface area contributed by atoms with Crippen molar-refractivity contribution in [1.82, 2.24) is 29.9 Å². The smallest absolute Gasteiger partial charge is 0.0369 e. The summed E-state index contributed by atoms with van der Waals surface area (Å²) < 4.78 is 2.37. The van der Waals surface area contributed by atoms with Crippen molar-refractivity contribution in [3.05, 3.63) is 406 Å². The van der Waals surface area contributed by atoms with Gasteiger partial charge in [-0.05, 0) is 107 Å². The van der Waals surface area contributed by atoms with Crippen LogP contribution in [-0.2, 0) is 137 Å². The van der Waals surface area contributed by atoms with Crippen LogP contribution in [0.4, 0.5) is 0 Å². The van der Waals surface area contributed by atoms with Gasteiger partial charge in [0.2, 0.25) is 0 Å². The zero-order valence-electron chi connectivity index (χ0n) is 62.9. The molecule has 0 saturated carbocycles. The van der Waals surface area contributed by atoms with Gasteiger partial charge in [0, 0.05) is 197 Å². The summed E-state index contributed by atoms with van der Waals surface area (Å²) in [5.41, 5.74) is 23.7. The predicted molar refractivity (Wildman–Crippen MR) is 448 cm³/mol. The van der Waals surface area contributed by atoms with Crippen LogP contribution in [0.2, 0.25) is 0 Å². The number of nitrogens with zero attached hydrogens (tertiary/aromatic N) is 6. The second-order valence-electron chi connectivity index (χ2n) is 28.3. The fourth-order valence-corrected chi connectivity index (χ4v) is 16.4. The van der Waals surface area contributed by atoms with Crippen molar-refractivity contribution < 1.29 is 121 Å². The fourth-order valence-electron chi connectivity index (χ4n) is 14.9. The zero-order valence-corrected chi connectivity index (χ0v) is 79.7. The van der Waals surface area contributed by atoms with E-state index >= 15 is 0 Å². The van der Waals surface area contributed by atoms with E-state index in [1.807, 2.05) is 171 Å². The van der Waals surface area contributed by atoms with Crippen molar-refractivity contribution in [1.29, 1.82) is 0 Å². The quantitative estimate of drug-likeness (QED) is 0.126. The molecule has 17 aromatic rings. The van der Waals surface area contributed by atoms with E-state index in [0.29, 0.717) is 0 Å². The number of allylic oxidation sites excluding steroid dienone is 2. The van der Waals surface area contributed by atoms with Gasteiger partial charge in [0.25, 0.3) is 0 Å². The summed E-state index contributed by atoms with van der Waals surface area (Å²) >= 11 is 5.39. The molecule has 0 fully saturated rings. The SMILES string of the molecule is CC1(C)C=C(c2[c-]cccc2)c2ncccc21.CC1(C)C=C(c2ccccn2)c2[c-]cccc21.CC1(C)c2ccc[c-]c2-c2c1ccc1cccnc21.Cc1ccc2c(Br)cc[c-]c2c1-c1ccccn1.Cc1sc2ccc[c-]c2c1-c1ccccn1.[Ir].[Ir].[Ir].[Ir].[Ir].[Ir].[c-]1cccc2cc3ccccc3c(-c3ccccn3)c12. The van der Waals surface area contributed by atoms with Crippen LogP contribution in [0.25, 0.3) is 109 Å². The first kappa shape index (κ1) is 88.9. The Kier molecular flexibility index (Phi) is 31.1. The van der Waals surface area contributed by atoms with Gasteiger partial charge in [0.15, 0.2) is 0 Å². The monoisotopic (exact) mass is 2620 g/mol. The molecule has 0 N–H and O–H groups in total. The van der Waals surface area contributed by atoms with Crippen LogP contribution >= 0.6 is 27.3 Å². The molecule has 6 radical (unpaired) electrons. The number of halogens is 1. The topological polar surface area (TPSA) is 77.3 Å². The molecule has 0 amide bonds. The molecule has 3 aliphatic carbocycles. The normalized spacial score (nSPS) is 12.7. The van der Waals surface area contributed by atoms with Gasteiger partial charge in [-0.1, -0.05) is 213 Å². The van der Waals surface area contributed by atoms with Crippen LogP contribution in [0.3, 0.4) is 0 Å². The second-order valence-corrected chi connectivity index (χ2v) is 30.4. The molecule has 0 bridgehead atoms. The first-order valence-corrected chi connectivity index (χ1v) is 37.5. The Morgan fingerprint density at radius 1 is 0.336 bits per heavy atom. The van der Waals surface area contributed by atoms with E-state index in [9.17, 15) is 0 Å². The minimum absolute atomic E-state index is 0. The molecule has 10 aromatic carbocycles. The molecule has 3 aliphatic rings. The minimum atomic E-state index is 0. The second kappa shape index (κ2) is 39.5.